The molecule has 0 saturated heterocycles. The average Bonchev–Trinajstić information content (AvgIpc) is 3.22. The molecule has 1 N–H and O–H groups in total. The summed E-state index contributed by atoms with van der Waals surface area (Å²) in [6.45, 7) is 0.0643. The standard InChI is InChI=1S/C21H18FNO6/c1-26-15-7-9-18(17(11-15)21(25)27-2)23-20(24)19-10-8-16(29-19)12-28-14-5-3-13(22)4-6-14/h3-11H,12H2,1-2H3,(H,23,24). The maximum absolute atomic E-state index is 12.9. The third-order valence-corrected chi connectivity index (χ3v) is 3.96. The Morgan fingerprint density at radius 1 is 1.00 bits per heavy atom. The maximum atomic E-state index is 12.9. The van der Waals surface area contributed by atoms with Gasteiger partial charge < -0.3 is 23.9 Å². The van der Waals surface area contributed by atoms with E-state index in [2.05, 4.69) is 5.32 Å². The molecule has 1 amide bonds. The molecule has 0 unspecified atom stereocenters. The van der Waals surface area contributed by atoms with Crippen LogP contribution in [0.15, 0.2) is 59.0 Å². The first-order valence-corrected chi connectivity index (χ1v) is 8.55. The summed E-state index contributed by atoms with van der Waals surface area (Å²) in [6, 6.07) is 13.2. The Hall–Kier alpha value is -3.81. The fourth-order valence-corrected chi connectivity index (χ4v) is 2.48. The highest BCUT2D eigenvalue weighted by Gasteiger charge is 2.18. The van der Waals surface area contributed by atoms with Gasteiger partial charge in [0.2, 0.25) is 0 Å². The second-order valence-corrected chi connectivity index (χ2v) is 5.87. The molecule has 3 aromatic rings. The van der Waals surface area contributed by atoms with Crippen molar-refractivity contribution >= 4 is 17.6 Å². The molecule has 0 saturated carbocycles. The van der Waals surface area contributed by atoms with E-state index in [-0.39, 0.29) is 29.4 Å². The van der Waals surface area contributed by atoms with Gasteiger partial charge in [-0.3, -0.25) is 4.79 Å². The van der Waals surface area contributed by atoms with Crippen LogP contribution in [0.25, 0.3) is 0 Å². The van der Waals surface area contributed by atoms with Crippen molar-refractivity contribution in [1.29, 1.82) is 0 Å². The van der Waals surface area contributed by atoms with Crippen LogP contribution in [-0.2, 0) is 11.3 Å². The maximum Gasteiger partial charge on any atom is 0.340 e. The molecule has 0 aliphatic heterocycles. The van der Waals surface area contributed by atoms with Crippen molar-refractivity contribution in [2.75, 3.05) is 19.5 Å². The first-order chi connectivity index (χ1) is 14.0. The van der Waals surface area contributed by atoms with E-state index in [1.807, 2.05) is 0 Å². The summed E-state index contributed by atoms with van der Waals surface area (Å²) >= 11 is 0. The van der Waals surface area contributed by atoms with Crippen LogP contribution in [0.4, 0.5) is 10.1 Å². The molecule has 8 heteroatoms. The van der Waals surface area contributed by atoms with Gasteiger partial charge in [0.15, 0.2) is 5.76 Å². The Bertz CT molecular complexity index is 1010. The second kappa shape index (κ2) is 8.92. The molecular formula is C21H18FNO6. The normalized spacial score (nSPS) is 10.3. The summed E-state index contributed by atoms with van der Waals surface area (Å²) in [5.74, 6) is -0.173. The van der Waals surface area contributed by atoms with Gasteiger partial charge in [0.05, 0.1) is 25.5 Å². The molecule has 1 aromatic heterocycles. The summed E-state index contributed by atoms with van der Waals surface area (Å²) < 4.78 is 33.7. The van der Waals surface area contributed by atoms with E-state index < -0.39 is 11.9 Å². The topological polar surface area (TPSA) is 87.0 Å². The van der Waals surface area contributed by atoms with Gasteiger partial charge in [0.1, 0.15) is 29.7 Å². The molecular weight excluding hydrogens is 381 g/mol. The van der Waals surface area contributed by atoms with Crippen LogP contribution < -0.4 is 14.8 Å². The van der Waals surface area contributed by atoms with E-state index >= 15 is 0 Å². The average molecular weight is 399 g/mol. The molecule has 0 aliphatic rings. The monoisotopic (exact) mass is 399 g/mol. The van der Waals surface area contributed by atoms with E-state index in [0.717, 1.165) is 0 Å². The highest BCUT2D eigenvalue weighted by molar-refractivity contribution is 6.06. The summed E-state index contributed by atoms with van der Waals surface area (Å²) in [6.07, 6.45) is 0. The summed E-state index contributed by atoms with van der Waals surface area (Å²) in [4.78, 5) is 24.5. The molecule has 0 aliphatic carbocycles. The Labute approximate surface area is 166 Å². The zero-order chi connectivity index (χ0) is 20.8. The van der Waals surface area contributed by atoms with Gasteiger partial charge in [-0.15, -0.1) is 0 Å². The zero-order valence-electron chi connectivity index (χ0n) is 15.7. The molecule has 0 atom stereocenters. The molecule has 0 fully saturated rings. The number of hydrogen-bond donors (Lipinski definition) is 1. The number of nitrogens with one attached hydrogen (secondary N) is 1. The highest BCUT2D eigenvalue weighted by Crippen LogP contribution is 2.24. The molecule has 2 aromatic carbocycles. The number of amides is 1. The number of anilines is 1. The number of furan rings is 1. The number of benzene rings is 2. The molecule has 150 valence electrons. The van der Waals surface area contributed by atoms with Gasteiger partial charge in [0.25, 0.3) is 5.91 Å². The van der Waals surface area contributed by atoms with Crippen molar-refractivity contribution in [3.05, 3.63) is 77.5 Å². The van der Waals surface area contributed by atoms with Crippen molar-refractivity contribution in [2.24, 2.45) is 0 Å². The fourth-order valence-electron chi connectivity index (χ4n) is 2.48. The fraction of sp³-hybridized carbons (Fsp3) is 0.143. The lowest BCUT2D eigenvalue weighted by atomic mass is 10.1. The first-order valence-electron chi connectivity index (χ1n) is 8.55. The predicted octanol–water partition coefficient (Wildman–Crippen LogP) is 4.05. The Kier molecular flexibility index (Phi) is 6.13. The number of carbonyl (C=O) groups is 2. The largest absolute Gasteiger partial charge is 0.497 e. The Morgan fingerprint density at radius 2 is 1.72 bits per heavy atom. The Balaban J connectivity index is 1.68. The van der Waals surface area contributed by atoms with Crippen LogP contribution >= 0.6 is 0 Å². The van der Waals surface area contributed by atoms with Crippen LogP contribution in [0.3, 0.4) is 0 Å². The number of methoxy groups -OCH3 is 2. The van der Waals surface area contributed by atoms with Gasteiger partial charge in [-0.05, 0) is 54.6 Å². The number of ether oxygens (including phenoxy) is 3. The molecule has 0 bridgehead atoms. The smallest absolute Gasteiger partial charge is 0.340 e. The van der Waals surface area contributed by atoms with E-state index in [9.17, 15) is 14.0 Å². The Morgan fingerprint density at radius 3 is 2.41 bits per heavy atom. The van der Waals surface area contributed by atoms with Gasteiger partial charge in [-0.2, -0.15) is 0 Å². The predicted molar refractivity (Wildman–Crippen MR) is 102 cm³/mol. The van der Waals surface area contributed by atoms with E-state index in [1.54, 1.807) is 12.1 Å². The third kappa shape index (κ3) is 4.92. The van der Waals surface area contributed by atoms with Gasteiger partial charge in [-0.25, -0.2) is 9.18 Å². The molecule has 29 heavy (non-hydrogen) atoms. The van der Waals surface area contributed by atoms with Crippen LogP contribution in [0.2, 0.25) is 0 Å². The number of carbonyl (C=O) groups excluding carboxylic acids is 2. The minimum absolute atomic E-state index is 0.0364. The van der Waals surface area contributed by atoms with Gasteiger partial charge >= 0.3 is 5.97 Å². The lowest BCUT2D eigenvalue weighted by Crippen LogP contribution is -2.15. The summed E-state index contributed by atoms with van der Waals surface area (Å²) in [7, 11) is 2.71. The minimum atomic E-state index is -0.618. The number of rotatable bonds is 7. The van der Waals surface area contributed by atoms with Crippen LogP contribution in [-0.4, -0.2) is 26.1 Å². The van der Waals surface area contributed by atoms with Crippen molar-refractivity contribution in [2.45, 2.75) is 6.61 Å². The summed E-state index contributed by atoms with van der Waals surface area (Å²) in [5, 5.41) is 2.62. The molecule has 7 nitrogen and oxygen atoms in total. The molecule has 1 heterocycles. The van der Waals surface area contributed by atoms with Crippen molar-refractivity contribution < 1.29 is 32.6 Å². The number of halogens is 1. The van der Waals surface area contributed by atoms with Crippen molar-refractivity contribution in [3.8, 4) is 11.5 Å². The molecule has 3 rings (SSSR count). The van der Waals surface area contributed by atoms with E-state index in [1.165, 1.54) is 56.7 Å². The van der Waals surface area contributed by atoms with Crippen molar-refractivity contribution in [1.82, 2.24) is 0 Å². The van der Waals surface area contributed by atoms with Gasteiger partial charge in [0, 0.05) is 0 Å². The van der Waals surface area contributed by atoms with Crippen LogP contribution in [0, 0.1) is 5.82 Å². The lowest BCUT2D eigenvalue weighted by molar-refractivity contribution is 0.0601. The number of hydrogen-bond acceptors (Lipinski definition) is 6. The quantitative estimate of drug-likeness (QED) is 0.604. The van der Waals surface area contributed by atoms with E-state index in [0.29, 0.717) is 17.3 Å². The molecule has 0 radical (unpaired) electrons. The van der Waals surface area contributed by atoms with Gasteiger partial charge in [-0.1, -0.05) is 0 Å². The van der Waals surface area contributed by atoms with E-state index in [4.69, 9.17) is 18.6 Å². The lowest BCUT2D eigenvalue weighted by Gasteiger charge is -2.10. The van der Waals surface area contributed by atoms with Crippen LogP contribution in [0.1, 0.15) is 26.7 Å². The minimum Gasteiger partial charge on any atom is -0.497 e. The summed E-state index contributed by atoms with van der Waals surface area (Å²) in [5.41, 5.74) is 0.398. The third-order valence-electron chi connectivity index (χ3n) is 3.96. The SMILES string of the molecule is COC(=O)c1cc(OC)ccc1NC(=O)c1ccc(COc2ccc(F)cc2)o1. The molecule has 0 spiro atoms. The number of esters is 1. The second-order valence-electron chi connectivity index (χ2n) is 5.87. The zero-order valence-corrected chi connectivity index (χ0v) is 15.7. The van der Waals surface area contributed by atoms with Crippen molar-refractivity contribution in [3.63, 3.8) is 0 Å². The highest BCUT2D eigenvalue weighted by atomic mass is 19.1. The van der Waals surface area contributed by atoms with Crippen LogP contribution in [0.5, 0.6) is 11.5 Å². The first kappa shape index (κ1) is 19.9.